The van der Waals surface area contributed by atoms with E-state index in [1.807, 2.05) is 25.1 Å². The van der Waals surface area contributed by atoms with Gasteiger partial charge in [0, 0.05) is 43.4 Å². The molecular formula is C23H36ClIN6O. The Kier molecular flexibility index (Phi) is 11.8. The number of guanidine groups is 1. The van der Waals surface area contributed by atoms with E-state index in [1.54, 1.807) is 0 Å². The van der Waals surface area contributed by atoms with Crippen LogP contribution in [0.25, 0.3) is 0 Å². The van der Waals surface area contributed by atoms with E-state index in [4.69, 9.17) is 21.3 Å². The number of ether oxygens (including phenoxy) is 1. The predicted molar refractivity (Wildman–Crippen MR) is 142 cm³/mol. The van der Waals surface area contributed by atoms with E-state index in [1.165, 1.54) is 5.69 Å². The molecule has 0 aliphatic carbocycles. The van der Waals surface area contributed by atoms with Crippen molar-refractivity contribution in [1.29, 1.82) is 0 Å². The molecule has 3 rings (SSSR count). The fourth-order valence-electron chi connectivity index (χ4n) is 3.90. The van der Waals surface area contributed by atoms with Crippen LogP contribution in [0.1, 0.15) is 36.3 Å². The summed E-state index contributed by atoms with van der Waals surface area (Å²) in [5, 5.41) is 12.1. The van der Waals surface area contributed by atoms with E-state index in [2.05, 4.69) is 51.3 Å². The van der Waals surface area contributed by atoms with Gasteiger partial charge in [0.2, 0.25) is 0 Å². The second-order valence-corrected chi connectivity index (χ2v) is 8.24. The van der Waals surface area contributed by atoms with Crippen molar-refractivity contribution < 1.29 is 4.74 Å². The molecule has 1 fully saturated rings. The summed E-state index contributed by atoms with van der Waals surface area (Å²) in [7, 11) is 0. The van der Waals surface area contributed by atoms with Gasteiger partial charge >= 0.3 is 0 Å². The molecule has 178 valence electrons. The van der Waals surface area contributed by atoms with E-state index in [9.17, 15) is 0 Å². The topological polar surface area (TPSA) is 66.7 Å². The van der Waals surface area contributed by atoms with E-state index in [0.717, 1.165) is 74.6 Å². The summed E-state index contributed by atoms with van der Waals surface area (Å²) in [5.41, 5.74) is 3.38. The standard InChI is InChI=1S/C23H35ClN6O.HI/c1-4-25-23(26-10-7-11-30-19(3)16-18(2)28-30)27-17-22(29-12-14-31-15-13-29)20-8-5-6-9-21(20)24;/h5-6,8-9,16,22H,4,7,10-15,17H2,1-3H3,(H2,25,26,27);1H. The predicted octanol–water partition coefficient (Wildman–Crippen LogP) is 3.79. The average molecular weight is 575 g/mol. The Bertz CT molecular complexity index is 853. The number of aryl methyl sites for hydroxylation is 3. The molecule has 0 saturated carbocycles. The summed E-state index contributed by atoms with van der Waals surface area (Å²) in [5.74, 6) is 0.834. The lowest BCUT2D eigenvalue weighted by atomic mass is 10.0. The zero-order valence-electron chi connectivity index (χ0n) is 19.3. The quantitative estimate of drug-likeness (QED) is 0.207. The van der Waals surface area contributed by atoms with Crippen LogP contribution in [0.4, 0.5) is 0 Å². The van der Waals surface area contributed by atoms with Crippen LogP contribution in [-0.2, 0) is 11.3 Å². The van der Waals surface area contributed by atoms with Crippen LogP contribution >= 0.6 is 35.6 Å². The Balaban J connectivity index is 0.00000363. The molecule has 0 bridgehead atoms. The molecule has 1 aromatic heterocycles. The molecule has 1 atom stereocenters. The molecule has 1 unspecified atom stereocenters. The summed E-state index contributed by atoms with van der Waals surface area (Å²) in [4.78, 5) is 7.32. The fraction of sp³-hybridized carbons (Fsp3) is 0.565. The number of aliphatic imine (C=N–C) groups is 1. The lowest BCUT2D eigenvalue weighted by Gasteiger charge is -2.34. The number of aromatic nitrogens is 2. The highest BCUT2D eigenvalue weighted by Gasteiger charge is 2.24. The Labute approximate surface area is 214 Å². The first-order valence-corrected chi connectivity index (χ1v) is 11.6. The van der Waals surface area contributed by atoms with Crippen molar-refractivity contribution in [1.82, 2.24) is 25.3 Å². The summed E-state index contributed by atoms with van der Waals surface area (Å²) in [6.45, 7) is 12.6. The largest absolute Gasteiger partial charge is 0.379 e. The second-order valence-electron chi connectivity index (χ2n) is 7.84. The Hall–Kier alpha value is -1.36. The van der Waals surface area contributed by atoms with Gasteiger partial charge in [0.15, 0.2) is 5.96 Å². The third-order valence-electron chi connectivity index (χ3n) is 5.46. The third-order valence-corrected chi connectivity index (χ3v) is 5.80. The van der Waals surface area contributed by atoms with Crippen molar-refractivity contribution in [3.63, 3.8) is 0 Å². The van der Waals surface area contributed by atoms with Crippen LogP contribution in [0, 0.1) is 13.8 Å². The molecule has 0 amide bonds. The molecule has 2 N–H and O–H groups in total. The van der Waals surface area contributed by atoms with Crippen LogP contribution in [-0.4, -0.2) is 66.6 Å². The maximum Gasteiger partial charge on any atom is 0.191 e. The molecule has 1 aliphatic heterocycles. The summed E-state index contributed by atoms with van der Waals surface area (Å²) >= 11 is 6.54. The number of rotatable bonds is 9. The van der Waals surface area contributed by atoms with Gasteiger partial charge in [-0.05, 0) is 44.9 Å². The molecular weight excluding hydrogens is 539 g/mol. The van der Waals surface area contributed by atoms with Gasteiger partial charge < -0.3 is 15.4 Å². The van der Waals surface area contributed by atoms with Crippen LogP contribution in [0.3, 0.4) is 0 Å². The van der Waals surface area contributed by atoms with E-state index in [-0.39, 0.29) is 30.0 Å². The smallest absolute Gasteiger partial charge is 0.191 e. The molecule has 0 radical (unpaired) electrons. The highest BCUT2D eigenvalue weighted by molar-refractivity contribution is 14.0. The van der Waals surface area contributed by atoms with Crippen LogP contribution in [0.2, 0.25) is 5.02 Å². The monoisotopic (exact) mass is 574 g/mol. The van der Waals surface area contributed by atoms with Gasteiger partial charge in [0.1, 0.15) is 0 Å². The van der Waals surface area contributed by atoms with Crippen molar-refractivity contribution >= 4 is 41.5 Å². The van der Waals surface area contributed by atoms with Gasteiger partial charge in [0.25, 0.3) is 0 Å². The number of morpholine rings is 1. The molecule has 7 nitrogen and oxygen atoms in total. The van der Waals surface area contributed by atoms with E-state index < -0.39 is 0 Å². The molecule has 0 spiro atoms. The summed E-state index contributed by atoms with van der Waals surface area (Å²) in [6.07, 6.45) is 0.976. The molecule has 1 aliphatic rings. The van der Waals surface area contributed by atoms with Crippen molar-refractivity contribution in [2.75, 3.05) is 45.9 Å². The third kappa shape index (κ3) is 7.90. The Morgan fingerprint density at radius 2 is 1.97 bits per heavy atom. The second kappa shape index (κ2) is 14.0. The van der Waals surface area contributed by atoms with Gasteiger partial charge in [-0.3, -0.25) is 14.6 Å². The first kappa shape index (κ1) is 26.9. The van der Waals surface area contributed by atoms with E-state index >= 15 is 0 Å². The first-order chi connectivity index (χ1) is 15.1. The molecule has 9 heteroatoms. The van der Waals surface area contributed by atoms with Crippen LogP contribution < -0.4 is 10.6 Å². The van der Waals surface area contributed by atoms with Crippen LogP contribution in [0.15, 0.2) is 35.3 Å². The van der Waals surface area contributed by atoms with Gasteiger partial charge in [-0.25, -0.2) is 0 Å². The Morgan fingerprint density at radius 1 is 1.22 bits per heavy atom. The van der Waals surface area contributed by atoms with E-state index in [0.29, 0.717) is 6.54 Å². The SMILES string of the molecule is CCNC(=NCC(c1ccccc1Cl)N1CCOCC1)NCCCn1nc(C)cc1C.I. The zero-order valence-corrected chi connectivity index (χ0v) is 22.4. The minimum absolute atomic E-state index is 0. The van der Waals surface area contributed by atoms with Gasteiger partial charge in [-0.15, -0.1) is 24.0 Å². The number of benzene rings is 1. The van der Waals surface area contributed by atoms with Gasteiger partial charge in [-0.1, -0.05) is 29.8 Å². The number of hydrogen-bond acceptors (Lipinski definition) is 4. The Morgan fingerprint density at radius 3 is 2.62 bits per heavy atom. The maximum absolute atomic E-state index is 6.54. The fourth-order valence-corrected chi connectivity index (χ4v) is 4.16. The minimum Gasteiger partial charge on any atom is -0.379 e. The highest BCUT2D eigenvalue weighted by Crippen LogP contribution is 2.28. The molecule has 2 heterocycles. The molecule has 1 saturated heterocycles. The summed E-state index contributed by atoms with van der Waals surface area (Å²) in [6, 6.07) is 10.3. The lowest BCUT2D eigenvalue weighted by molar-refractivity contribution is 0.0180. The van der Waals surface area contributed by atoms with Crippen LogP contribution in [0.5, 0.6) is 0 Å². The van der Waals surface area contributed by atoms with Crippen molar-refractivity contribution in [2.45, 2.75) is 39.8 Å². The maximum atomic E-state index is 6.54. The first-order valence-electron chi connectivity index (χ1n) is 11.2. The number of nitrogens with one attached hydrogen (secondary N) is 2. The van der Waals surface area contributed by atoms with Crippen molar-refractivity contribution in [2.24, 2.45) is 4.99 Å². The van der Waals surface area contributed by atoms with Gasteiger partial charge in [0.05, 0.1) is 31.5 Å². The average Bonchev–Trinajstić information content (AvgIpc) is 3.10. The lowest BCUT2D eigenvalue weighted by Crippen LogP contribution is -2.42. The van der Waals surface area contributed by atoms with Crippen molar-refractivity contribution in [3.8, 4) is 0 Å². The minimum atomic E-state index is 0. The van der Waals surface area contributed by atoms with Gasteiger partial charge in [-0.2, -0.15) is 5.10 Å². The highest BCUT2D eigenvalue weighted by atomic mass is 127. The normalized spacial score (nSPS) is 15.8. The number of nitrogens with zero attached hydrogens (tertiary/aromatic N) is 4. The molecule has 2 aromatic rings. The van der Waals surface area contributed by atoms with Crippen molar-refractivity contribution in [3.05, 3.63) is 52.3 Å². The molecule has 1 aromatic carbocycles. The number of hydrogen-bond donors (Lipinski definition) is 2. The summed E-state index contributed by atoms with van der Waals surface area (Å²) < 4.78 is 7.61. The number of halogens is 2. The zero-order chi connectivity index (χ0) is 22.1. The molecule has 32 heavy (non-hydrogen) atoms.